The van der Waals surface area contributed by atoms with Crippen LogP contribution in [0, 0.1) is 13.8 Å². The van der Waals surface area contributed by atoms with Gasteiger partial charge in [0.1, 0.15) is 0 Å². The minimum atomic E-state index is -1.06. The van der Waals surface area contributed by atoms with Crippen LogP contribution in [0.3, 0.4) is 0 Å². The van der Waals surface area contributed by atoms with Gasteiger partial charge in [0.25, 0.3) is 0 Å². The number of hydrogen-bond donors (Lipinski definition) is 1. The van der Waals surface area contributed by atoms with Crippen molar-refractivity contribution < 1.29 is 9.90 Å². The van der Waals surface area contributed by atoms with Crippen LogP contribution in [-0.4, -0.2) is 31.1 Å². The van der Waals surface area contributed by atoms with Gasteiger partial charge in [0, 0.05) is 4.88 Å². The van der Waals surface area contributed by atoms with E-state index in [1.807, 2.05) is 20.8 Å². The van der Waals surface area contributed by atoms with Crippen LogP contribution in [0.2, 0.25) is 0 Å². The first-order valence-electron chi connectivity index (χ1n) is 5.16. The Bertz CT molecular complexity index is 553. The molecule has 0 saturated heterocycles. The summed E-state index contributed by atoms with van der Waals surface area (Å²) < 4.78 is 1.51. The lowest BCUT2D eigenvalue weighted by Crippen LogP contribution is -2.05. The molecule has 0 fully saturated rings. The van der Waals surface area contributed by atoms with E-state index in [-0.39, 0.29) is 5.69 Å². The molecule has 0 bridgehead atoms. The Kier molecular flexibility index (Phi) is 2.93. The van der Waals surface area contributed by atoms with Crippen molar-refractivity contribution in [2.75, 3.05) is 0 Å². The molecule has 7 heteroatoms. The third-order valence-corrected chi connectivity index (χ3v) is 3.55. The maximum absolute atomic E-state index is 11.0. The fourth-order valence-electron chi connectivity index (χ4n) is 1.48. The first-order valence-corrected chi connectivity index (χ1v) is 5.98. The van der Waals surface area contributed by atoms with Gasteiger partial charge in [-0.1, -0.05) is 23.5 Å². The lowest BCUT2D eigenvalue weighted by atomic mass is 10.2. The van der Waals surface area contributed by atoms with Gasteiger partial charge in [-0.25, -0.2) is 9.78 Å². The summed E-state index contributed by atoms with van der Waals surface area (Å²) in [4.78, 5) is 16.4. The molecule has 17 heavy (non-hydrogen) atoms. The molecule has 90 valence electrons. The third-order valence-electron chi connectivity index (χ3n) is 2.50. The van der Waals surface area contributed by atoms with Gasteiger partial charge in [0.05, 0.1) is 11.4 Å². The predicted octanol–water partition coefficient (Wildman–Crippen LogP) is 1.60. The molecule has 0 saturated carbocycles. The Morgan fingerprint density at radius 3 is 2.65 bits per heavy atom. The van der Waals surface area contributed by atoms with E-state index in [4.69, 9.17) is 5.11 Å². The van der Waals surface area contributed by atoms with Crippen LogP contribution in [0.15, 0.2) is 0 Å². The molecule has 2 aromatic heterocycles. The second kappa shape index (κ2) is 4.25. The van der Waals surface area contributed by atoms with E-state index in [0.717, 1.165) is 10.6 Å². The van der Waals surface area contributed by atoms with Crippen molar-refractivity contribution in [2.45, 2.75) is 27.2 Å². The molecule has 0 radical (unpaired) electrons. The average molecular weight is 252 g/mol. The highest BCUT2D eigenvalue weighted by molar-refractivity contribution is 7.14. The van der Waals surface area contributed by atoms with Crippen LogP contribution in [0.4, 0.5) is 0 Å². The number of carboxylic acids is 1. The van der Waals surface area contributed by atoms with E-state index in [0.29, 0.717) is 17.2 Å². The number of aryl methyl sites for hydroxylation is 2. The molecule has 1 N–H and O–H groups in total. The van der Waals surface area contributed by atoms with Crippen LogP contribution in [0.1, 0.15) is 33.7 Å². The Labute approximate surface area is 102 Å². The van der Waals surface area contributed by atoms with Crippen molar-refractivity contribution in [2.24, 2.45) is 0 Å². The third kappa shape index (κ3) is 1.93. The van der Waals surface area contributed by atoms with Gasteiger partial charge >= 0.3 is 5.97 Å². The van der Waals surface area contributed by atoms with Crippen LogP contribution in [-0.2, 0) is 6.42 Å². The van der Waals surface area contributed by atoms with Gasteiger partial charge in [-0.05, 0) is 20.3 Å². The highest BCUT2D eigenvalue weighted by Gasteiger charge is 2.20. The minimum Gasteiger partial charge on any atom is -0.476 e. The number of carboxylic acid groups (broad SMARTS) is 1. The Balaban J connectivity index is 2.56. The second-order valence-electron chi connectivity index (χ2n) is 3.59. The molecule has 0 aliphatic carbocycles. The summed E-state index contributed by atoms with van der Waals surface area (Å²) in [5.74, 6) is -1.06. The number of rotatable bonds is 3. The summed E-state index contributed by atoms with van der Waals surface area (Å²) in [6.07, 6.45) is 0.548. The smallest absolute Gasteiger partial charge is 0.358 e. The number of aromatic carboxylic acids is 1. The summed E-state index contributed by atoms with van der Waals surface area (Å²) in [6, 6.07) is 0. The normalized spacial score (nSPS) is 10.8. The molecule has 2 heterocycles. The topological polar surface area (TPSA) is 80.9 Å². The zero-order chi connectivity index (χ0) is 12.6. The number of aromatic nitrogens is 4. The SMILES string of the molecule is CCc1c(C(=O)O)nnn1-c1nc(C)c(C)s1. The van der Waals surface area contributed by atoms with Crippen molar-refractivity contribution in [3.63, 3.8) is 0 Å². The highest BCUT2D eigenvalue weighted by atomic mass is 32.1. The van der Waals surface area contributed by atoms with E-state index in [9.17, 15) is 4.79 Å². The average Bonchev–Trinajstić information content (AvgIpc) is 2.82. The number of carbonyl (C=O) groups is 1. The summed E-state index contributed by atoms with van der Waals surface area (Å²) in [6.45, 7) is 5.75. The molecule has 0 unspecified atom stereocenters. The molecular weight excluding hydrogens is 240 g/mol. The van der Waals surface area contributed by atoms with Crippen molar-refractivity contribution in [1.29, 1.82) is 0 Å². The van der Waals surface area contributed by atoms with Gasteiger partial charge in [0.2, 0.25) is 5.13 Å². The first-order chi connectivity index (χ1) is 8.04. The van der Waals surface area contributed by atoms with Gasteiger partial charge in [0.15, 0.2) is 5.69 Å². The lowest BCUT2D eigenvalue weighted by Gasteiger charge is -1.99. The first kappa shape index (κ1) is 11.7. The van der Waals surface area contributed by atoms with E-state index in [2.05, 4.69) is 15.3 Å². The van der Waals surface area contributed by atoms with E-state index >= 15 is 0 Å². The molecule has 6 nitrogen and oxygen atoms in total. The van der Waals surface area contributed by atoms with Crippen molar-refractivity contribution in [1.82, 2.24) is 20.0 Å². The standard InChI is InChI=1S/C10H12N4O2S/c1-4-7-8(9(15)16)12-13-14(7)10-11-5(2)6(3)17-10/h4H2,1-3H3,(H,15,16). The molecule has 0 aliphatic rings. The van der Waals surface area contributed by atoms with Crippen LogP contribution in [0.5, 0.6) is 0 Å². The predicted molar refractivity (Wildman–Crippen MR) is 62.8 cm³/mol. The Hall–Kier alpha value is -1.76. The van der Waals surface area contributed by atoms with Gasteiger partial charge in [-0.2, -0.15) is 4.68 Å². The fraction of sp³-hybridized carbons (Fsp3) is 0.400. The number of hydrogen-bond acceptors (Lipinski definition) is 5. The lowest BCUT2D eigenvalue weighted by molar-refractivity contribution is 0.0689. The Morgan fingerprint density at radius 1 is 1.47 bits per heavy atom. The minimum absolute atomic E-state index is 0.00185. The second-order valence-corrected chi connectivity index (χ2v) is 4.77. The van der Waals surface area contributed by atoms with E-state index in [1.165, 1.54) is 16.0 Å². The van der Waals surface area contributed by atoms with Crippen LogP contribution < -0.4 is 0 Å². The monoisotopic (exact) mass is 252 g/mol. The van der Waals surface area contributed by atoms with Crippen molar-refractivity contribution in [3.05, 3.63) is 22.0 Å². The molecule has 0 spiro atoms. The molecule has 0 aliphatic heterocycles. The van der Waals surface area contributed by atoms with Gasteiger partial charge in [-0.15, -0.1) is 5.10 Å². The molecule has 0 amide bonds. The van der Waals surface area contributed by atoms with Gasteiger partial charge in [-0.3, -0.25) is 0 Å². The summed E-state index contributed by atoms with van der Waals surface area (Å²) >= 11 is 1.48. The van der Waals surface area contributed by atoms with Crippen molar-refractivity contribution in [3.8, 4) is 5.13 Å². The molecule has 2 aromatic rings. The largest absolute Gasteiger partial charge is 0.476 e. The van der Waals surface area contributed by atoms with Gasteiger partial charge < -0.3 is 5.11 Å². The summed E-state index contributed by atoms with van der Waals surface area (Å²) in [7, 11) is 0. The number of thiazole rings is 1. The van der Waals surface area contributed by atoms with E-state index < -0.39 is 5.97 Å². The summed E-state index contributed by atoms with van der Waals surface area (Å²) in [5.41, 5.74) is 1.50. The van der Waals surface area contributed by atoms with Crippen molar-refractivity contribution >= 4 is 17.3 Å². The zero-order valence-electron chi connectivity index (χ0n) is 9.76. The van der Waals surface area contributed by atoms with Crippen LogP contribution >= 0.6 is 11.3 Å². The van der Waals surface area contributed by atoms with E-state index in [1.54, 1.807) is 0 Å². The maximum Gasteiger partial charge on any atom is 0.358 e. The fourth-order valence-corrected chi connectivity index (χ4v) is 2.37. The molecule has 2 rings (SSSR count). The maximum atomic E-state index is 11.0. The van der Waals surface area contributed by atoms with Crippen LogP contribution in [0.25, 0.3) is 5.13 Å². The highest BCUT2D eigenvalue weighted by Crippen LogP contribution is 2.22. The molecule has 0 atom stereocenters. The molecule has 0 aromatic carbocycles. The number of nitrogens with zero attached hydrogens (tertiary/aromatic N) is 4. The summed E-state index contributed by atoms with van der Waals surface area (Å²) in [5, 5.41) is 17.2. The Morgan fingerprint density at radius 2 is 2.18 bits per heavy atom. The zero-order valence-corrected chi connectivity index (χ0v) is 10.6. The quantitative estimate of drug-likeness (QED) is 0.897. The molecular formula is C10H12N4O2S.